The fourth-order valence-corrected chi connectivity index (χ4v) is 4.01. The molecule has 1 aromatic carbocycles. The first kappa shape index (κ1) is 19.4. The molecule has 0 aliphatic carbocycles. The summed E-state index contributed by atoms with van der Waals surface area (Å²) in [5.74, 6) is -1.57. The number of carbonyl (C=O) groups is 2. The molecule has 0 unspecified atom stereocenters. The highest BCUT2D eigenvalue weighted by Crippen LogP contribution is 2.22. The van der Waals surface area contributed by atoms with Crippen molar-refractivity contribution in [2.45, 2.75) is 31.4 Å². The molecule has 1 saturated heterocycles. The van der Waals surface area contributed by atoms with E-state index in [4.69, 9.17) is 4.74 Å². The van der Waals surface area contributed by atoms with Crippen molar-refractivity contribution >= 4 is 21.8 Å². The summed E-state index contributed by atoms with van der Waals surface area (Å²) >= 11 is 0. The first-order valence-electron chi connectivity index (χ1n) is 8.12. The number of likely N-dealkylation sites (N-methyl/N-ethyl adjacent to an activating group) is 1. The molecule has 1 aliphatic heterocycles. The minimum absolute atomic E-state index is 0.0962. The summed E-state index contributed by atoms with van der Waals surface area (Å²) in [5, 5.41) is 4.80. The zero-order valence-corrected chi connectivity index (χ0v) is 15.1. The van der Waals surface area contributed by atoms with Gasteiger partial charge in [-0.15, -0.1) is 0 Å². The van der Waals surface area contributed by atoms with Crippen LogP contribution in [0.5, 0.6) is 0 Å². The van der Waals surface area contributed by atoms with Crippen molar-refractivity contribution in [3.63, 3.8) is 0 Å². The van der Waals surface area contributed by atoms with E-state index in [0.717, 1.165) is 5.56 Å². The van der Waals surface area contributed by atoms with Gasteiger partial charge in [0.1, 0.15) is 6.23 Å². The highest BCUT2D eigenvalue weighted by molar-refractivity contribution is 7.89. The van der Waals surface area contributed by atoms with E-state index in [1.54, 1.807) is 31.2 Å². The Hall–Kier alpha value is -1.97. The average molecular weight is 369 g/mol. The maximum absolute atomic E-state index is 12.8. The smallest absolute Gasteiger partial charge is 0.309 e. The maximum Gasteiger partial charge on any atom is 0.309 e. The molecule has 0 radical (unpaired) electrons. The van der Waals surface area contributed by atoms with Crippen molar-refractivity contribution in [1.29, 1.82) is 0 Å². The Morgan fingerprint density at radius 1 is 1.20 bits per heavy atom. The Morgan fingerprint density at radius 3 is 2.48 bits per heavy atom. The third kappa shape index (κ3) is 4.77. The molecule has 2 amide bonds. The molecule has 2 rings (SSSR count). The molecule has 1 heterocycles. The summed E-state index contributed by atoms with van der Waals surface area (Å²) < 4.78 is 32.4. The number of rotatable bonds is 5. The largest absolute Gasteiger partial charge is 0.360 e. The molecule has 0 aromatic heterocycles. The fourth-order valence-electron chi connectivity index (χ4n) is 2.45. The van der Waals surface area contributed by atoms with Gasteiger partial charge in [0.25, 0.3) is 0 Å². The second-order valence-corrected chi connectivity index (χ2v) is 7.57. The third-order valence-corrected chi connectivity index (χ3v) is 5.67. The standard InChI is InChI=1S/C16H23N3O5S/c1-3-17-15(20)16(21)18-11-14-19(9-4-10-24-14)25(22,23)13-7-5-12(2)6-8-13/h5-8,14H,3-4,9-11H2,1-2H3,(H,17,20)(H,18,21)/t14-/m1/s1. The molecule has 138 valence electrons. The normalized spacial score (nSPS) is 18.6. The molecule has 25 heavy (non-hydrogen) atoms. The van der Waals surface area contributed by atoms with Crippen LogP contribution in [0.1, 0.15) is 18.9 Å². The second-order valence-electron chi connectivity index (χ2n) is 5.68. The van der Waals surface area contributed by atoms with Gasteiger partial charge in [-0.25, -0.2) is 8.42 Å². The molecular weight excluding hydrogens is 346 g/mol. The predicted octanol–water partition coefficient (Wildman–Crippen LogP) is -0.0156. The van der Waals surface area contributed by atoms with Gasteiger partial charge in [0.2, 0.25) is 10.0 Å². The van der Waals surface area contributed by atoms with Crippen LogP contribution in [-0.2, 0) is 24.3 Å². The number of nitrogens with zero attached hydrogens (tertiary/aromatic N) is 1. The summed E-state index contributed by atoms with van der Waals surface area (Å²) in [5.41, 5.74) is 0.958. The van der Waals surface area contributed by atoms with Crippen molar-refractivity contribution in [3.05, 3.63) is 29.8 Å². The first-order valence-corrected chi connectivity index (χ1v) is 9.56. The predicted molar refractivity (Wildman–Crippen MR) is 91.1 cm³/mol. The highest BCUT2D eigenvalue weighted by atomic mass is 32.2. The quantitative estimate of drug-likeness (QED) is 0.710. The van der Waals surface area contributed by atoms with E-state index in [-0.39, 0.29) is 18.0 Å². The zero-order valence-electron chi connectivity index (χ0n) is 14.3. The fraction of sp³-hybridized carbons (Fsp3) is 0.500. The lowest BCUT2D eigenvalue weighted by Gasteiger charge is -2.34. The Labute approximate surface area is 147 Å². The van der Waals surface area contributed by atoms with Crippen LogP contribution in [0.3, 0.4) is 0 Å². The van der Waals surface area contributed by atoms with E-state index in [9.17, 15) is 18.0 Å². The van der Waals surface area contributed by atoms with Gasteiger partial charge in [-0.05, 0) is 32.4 Å². The highest BCUT2D eigenvalue weighted by Gasteiger charge is 2.34. The molecule has 0 saturated carbocycles. The van der Waals surface area contributed by atoms with E-state index in [1.165, 1.54) is 4.31 Å². The first-order chi connectivity index (χ1) is 11.9. The van der Waals surface area contributed by atoms with Crippen LogP contribution in [0.25, 0.3) is 0 Å². The minimum Gasteiger partial charge on any atom is -0.360 e. The molecule has 1 fully saturated rings. The Kier molecular flexibility index (Phi) is 6.51. The molecule has 2 N–H and O–H groups in total. The molecular formula is C16H23N3O5S. The Morgan fingerprint density at radius 2 is 1.84 bits per heavy atom. The molecule has 0 spiro atoms. The third-order valence-electron chi connectivity index (χ3n) is 3.76. The molecule has 1 aromatic rings. The summed E-state index contributed by atoms with van der Waals surface area (Å²) in [7, 11) is -3.75. The number of amides is 2. The van der Waals surface area contributed by atoms with Crippen LogP contribution in [0.15, 0.2) is 29.2 Å². The van der Waals surface area contributed by atoms with Crippen LogP contribution in [0, 0.1) is 6.92 Å². The Balaban J connectivity index is 2.10. The van der Waals surface area contributed by atoms with E-state index >= 15 is 0 Å². The average Bonchev–Trinajstić information content (AvgIpc) is 2.60. The molecule has 1 atom stereocenters. The number of benzene rings is 1. The van der Waals surface area contributed by atoms with Gasteiger partial charge < -0.3 is 15.4 Å². The van der Waals surface area contributed by atoms with E-state index in [1.807, 2.05) is 6.92 Å². The van der Waals surface area contributed by atoms with Crippen LogP contribution in [0.4, 0.5) is 0 Å². The summed E-state index contributed by atoms with van der Waals surface area (Å²) in [6, 6.07) is 6.54. The lowest BCUT2D eigenvalue weighted by molar-refractivity contribution is -0.140. The summed E-state index contributed by atoms with van der Waals surface area (Å²) in [6.45, 7) is 4.49. The van der Waals surface area contributed by atoms with Gasteiger partial charge in [-0.1, -0.05) is 17.7 Å². The van der Waals surface area contributed by atoms with Gasteiger partial charge in [0.05, 0.1) is 18.0 Å². The molecule has 0 bridgehead atoms. The molecule has 8 nitrogen and oxygen atoms in total. The van der Waals surface area contributed by atoms with Crippen molar-refractivity contribution in [1.82, 2.24) is 14.9 Å². The van der Waals surface area contributed by atoms with E-state index in [0.29, 0.717) is 19.6 Å². The number of carbonyl (C=O) groups excluding carboxylic acids is 2. The Bertz CT molecular complexity index is 718. The van der Waals surface area contributed by atoms with Gasteiger partial charge >= 0.3 is 11.8 Å². The van der Waals surface area contributed by atoms with Crippen molar-refractivity contribution < 1.29 is 22.7 Å². The van der Waals surface area contributed by atoms with Crippen LogP contribution in [-0.4, -0.2) is 57.0 Å². The van der Waals surface area contributed by atoms with Crippen molar-refractivity contribution in [2.75, 3.05) is 26.2 Å². The number of nitrogens with one attached hydrogen (secondary N) is 2. The molecule has 1 aliphatic rings. The zero-order chi connectivity index (χ0) is 18.4. The van der Waals surface area contributed by atoms with Crippen LogP contribution in [0.2, 0.25) is 0 Å². The van der Waals surface area contributed by atoms with Crippen molar-refractivity contribution in [2.24, 2.45) is 0 Å². The van der Waals surface area contributed by atoms with Crippen molar-refractivity contribution in [3.8, 4) is 0 Å². The SMILES string of the molecule is CCNC(=O)C(=O)NC[C@H]1OCCCN1S(=O)(=O)c1ccc(C)cc1. The monoisotopic (exact) mass is 369 g/mol. The topological polar surface area (TPSA) is 105 Å². The number of sulfonamides is 1. The maximum atomic E-state index is 12.8. The lowest BCUT2D eigenvalue weighted by Crippen LogP contribution is -2.53. The minimum atomic E-state index is -3.75. The number of aryl methyl sites for hydroxylation is 1. The van der Waals surface area contributed by atoms with Crippen LogP contribution >= 0.6 is 0 Å². The van der Waals surface area contributed by atoms with Gasteiger partial charge in [0.15, 0.2) is 0 Å². The van der Waals surface area contributed by atoms with E-state index < -0.39 is 28.1 Å². The van der Waals surface area contributed by atoms with Gasteiger partial charge in [-0.3, -0.25) is 9.59 Å². The molecule has 9 heteroatoms. The number of ether oxygens (including phenoxy) is 1. The van der Waals surface area contributed by atoms with Crippen LogP contribution < -0.4 is 10.6 Å². The van der Waals surface area contributed by atoms with E-state index in [2.05, 4.69) is 10.6 Å². The van der Waals surface area contributed by atoms with Gasteiger partial charge in [0, 0.05) is 13.1 Å². The summed E-state index contributed by atoms with van der Waals surface area (Å²) in [4.78, 5) is 23.3. The lowest BCUT2D eigenvalue weighted by atomic mass is 10.2. The number of hydrogen-bond donors (Lipinski definition) is 2. The number of hydrogen-bond acceptors (Lipinski definition) is 5. The summed E-state index contributed by atoms with van der Waals surface area (Å²) in [6.07, 6.45) is -0.287. The van der Waals surface area contributed by atoms with Gasteiger partial charge in [-0.2, -0.15) is 4.31 Å². The second kappa shape index (κ2) is 8.41.